The maximum atomic E-state index is 10.1. The molecule has 17 heavy (non-hydrogen) atoms. The molecule has 2 aliphatic rings. The summed E-state index contributed by atoms with van der Waals surface area (Å²) in [6, 6.07) is 0.649. The first-order valence-electron chi connectivity index (χ1n) is 7.63. The van der Waals surface area contributed by atoms with Gasteiger partial charge in [-0.2, -0.15) is 0 Å². The Bertz CT molecular complexity index is 223. The van der Waals surface area contributed by atoms with E-state index in [0.29, 0.717) is 17.9 Å². The third-order valence-electron chi connectivity index (χ3n) is 5.22. The molecule has 0 aromatic carbocycles. The van der Waals surface area contributed by atoms with Crippen LogP contribution < -0.4 is 5.32 Å². The van der Waals surface area contributed by atoms with Crippen molar-refractivity contribution < 1.29 is 5.11 Å². The zero-order chi connectivity index (χ0) is 12.3. The van der Waals surface area contributed by atoms with Gasteiger partial charge in [-0.05, 0) is 50.0 Å². The van der Waals surface area contributed by atoms with Gasteiger partial charge in [0.05, 0.1) is 6.10 Å². The largest absolute Gasteiger partial charge is 0.393 e. The summed E-state index contributed by atoms with van der Waals surface area (Å²) in [5.74, 6) is 2.07. The van der Waals surface area contributed by atoms with Gasteiger partial charge in [-0.1, -0.05) is 33.1 Å². The molecule has 2 rings (SSSR count). The molecule has 2 heteroatoms. The lowest BCUT2D eigenvalue weighted by Crippen LogP contribution is -2.47. The molecule has 1 aliphatic carbocycles. The number of piperidine rings is 1. The van der Waals surface area contributed by atoms with E-state index < -0.39 is 0 Å². The molecular weight excluding hydrogens is 210 g/mol. The molecule has 1 saturated carbocycles. The van der Waals surface area contributed by atoms with Crippen LogP contribution >= 0.6 is 0 Å². The van der Waals surface area contributed by atoms with Crippen LogP contribution in [0.4, 0.5) is 0 Å². The van der Waals surface area contributed by atoms with Crippen LogP contribution in [0.1, 0.15) is 58.8 Å². The van der Waals surface area contributed by atoms with Crippen molar-refractivity contribution in [3.05, 3.63) is 0 Å². The van der Waals surface area contributed by atoms with E-state index in [9.17, 15) is 5.11 Å². The highest BCUT2D eigenvalue weighted by Gasteiger charge is 2.34. The number of hydrogen-bond acceptors (Lipinski definition) is 2. The maximum Gasteiger partial charge on any atom is 0.0571 e. The molecule has 0 spiro atoms. The minimum Gasteiger partial charge on any atom is -0.393 e. The van der Waals surface area contributed by atoms with E-state index in [0.717, 1.165) is 12.3 Å². The van der Waals surface area contributed by atoms with Crippen LogP contribution in [-0.4, -0.2) is 23.8 Å². The first kappa shape index (κ1) is 13.4. The van der Waals surface area contributed by atoms with Crippen molar-refractivity contribution in [2.24, 2.45) is 17.8 Å². The first-order chi connectivity index (χ1) is 8.22. The monoisotopic (exact) mass is 239 g/mol. The standard InChI is InChI=1S/C15H29NO/c1-3-12-8-9-14(16-10-12)11(2)13-6-4-5-7-15(13)17/h11-17H,3-10H2,1-2H3/t11-,12-,13-,14-,15+/m1/s1. The molecule has 0 radical (unpaired) electrons. The molecule has 100 valence electrons. The van der Waals surface area contributed by atoms with Crippen molar-refractivity contribution in [2.45, 2.75) is 70.9 Å². The molecule has 0 bridgehead atoms. The summed E-state index contributed by atoms with van der Waals surface area (Å²) >= 11 is 0. The second kappa shape index (κ2) is 6.19. The van der Waals surface area contributed by atoms with E-state index in [4.69, 9.17) is 0 Å². The van der Waals surface area contributed by atoms with Gasteiger partial charge in [0.15, 0.2) is 0 Å². The fourth-order valence-electron chi connectivity index (χ4n) is 3.79. The van der Waals surface area contributed by atoms with Crippen LogP contribution in [0.25, 0.3) is 0 Å². The Morgan fingerprint density at radius 1 is 1.18 bits per heavy atom. The van der Waals surface area contributed by atoms with Crippen LogP contribution in [0, 0.1) is 17.8 Å². The van der Waals surface area contributed by atoms with Gasteiger partial charge in [0.2, 0.25) is 0 Å². The second-order valence-corrected chi connectivity index (χ2v) is 6.24. The predicted octanol–water partition coefficient (Wildman–Crippen LogP) is 2.95. The molecule has 1 heterocycles. The van der Waals surface area contributed by atoms with Gasteiger partial charge < -0.3 is 10.4 Å². The fourth-order valence-corrected chi connectivity index (χ4v) is 3.79. The SMILES string of the molecule is CC[C@@H]1CC[C@H]([C@H](C)[C@H]2CCCC[C@@H]2O)NC1. The lowest BCUT2D eigenvalue weighted by atomic mass is 9.73. The number of aliphatic hydroxyl groups is 1. The Morgan fingerprint density at radius 3 is 2.53 bits per heavy atom. The summed E-state index contributed by atoms with van der Waals surface area (Å²) in [5, 5.41) is 13.9. The number of aliphatic hydroxyl groups excluding tert-OH is 1. The Morgan fingerprint density at radius 2 is 1.94 bits per heavy atom. The molecule has 0 aromatic rings. The molecule has 1 aliphatic heterocycles. The summed E-state index contributed by atoms with van der Waals surface area (Å²) in [4.78, 5) is 0. The summed E-state index contributed by atoms with van der Waals surface area (Å²) in [5.41, 5.74) is 0. The fraction of sp³-hybridized carbons (Fsp3) is 1.00. The molecule has 2 fully saturated rings. The van der Waals surface area contributed by atoms with Crippen LogP contribution in [0.2, 0.25) is 0 Å². The van der Waals surface area contributed by atoms with E-state index in [2.05, 4.69) is 19.2 Å². The Hall–Kier alpha value is -0.0800. The number of nitrogens with one attached hydrogen (secondary N) is 1. The van der Waals surface area contributed by atoms with Gasteiger partial charge in [0.1, 0.15) is 0 Å². The summed E-state index contributed by atoms with van der Waals surface area (Å²) in [6.45, 7) is 5.83. The molecule has 0 amide bonds. The zero-order valence-corrected chi connectivity index (χ0v) is 11.5. The predicted molar refractivity (Wildman–Crippen MR) is 71.9 cm³/mol. The summed E-state index contributed by atoms with van der Waals surface area (Å²) < 4.78 is 0. The van der Waals surface area contributed by atoms with Crippen LogP contribution in [0.3, 0.4) is 0 Å². The zero-order valence-electron chi connectivity index (χ0n) is 11.5. The lowest BCUT2D eigenvalue weighted by Gasteiger charge is -2.40. The normalized spacial score (nSPS) is 41.1. The van der Waals surface area contributed by atoms with E-state index in [1.165, 1.54) is 45.1 Å². The average molecular weight is 239 g/mol. The van der Waals surface area contributed by atoms with Crippen LogP contribution in [0.5, 0.6) is 0 Å². The Labute approximate surface area is 106 Å². The summed E-state index contributed by atoms with van der Waals surface area (Å²) in [7, 11) is 0. The quantitative estimate of drug-likeness (QED) is 0.793. The Kier molecular flexibility index (Phi) is 4.87. The molecule has 2 nitrogen and oxygen atoms in total. The highest BCUT2D eigenvalue weighted by molar-refractivity contribution is 4.88. The van der Waals surface area contributed by atoms with Crippen LogP contribution in [0.15, 0.2) is 0 Å². The lowest BCUT2D eigenvalue weighted by molar-refractivity contribution is 0.0253. The third-order valence-corrected chi connectivity index (χ3v) is 5.22. The van der Waals surface area contributed by atoms with E-state index >= 15 is 0 Å². The van der Waals surface area contributed by atoms with E-state index in [-0.39, 0.29) is 6.10 Å². The van der Waals surface area contributed by atoms with Gasteiger partial charge in [-0.25, -0.2) is 0 Å². The van der Waals surface area contributed by atoms with Crippen molar-refractivity contribution in [1.29, 1.82) is 0 Å². The highest BCUT2D eigenvalue weighted by Crippen LogP contribution is 2.34. The molecule has 1 saturated heterocycles. The second-order valence-electron chi connectivity index (χ2n) is 6.24. The minimum absolute atomic E-state index is 0.0375. The van der Waals surface area contributed by atoms with Gasteiger partial charge >= 0.3 is 0 Å². The van der Waals surface area contributed by atoms with E-state index in [1.807, 2.05) is 0 Å². The van der Waals surface area contributed by atoms with Gasteiger partial charge in [-0.15, -0.1) is 0 Å². The summed E-state index contributed by atoms with van der Waals surface area (Å²) in [6.07, 6.45) is 8.75. The molecule has 0 unspecified atom stereocenters. The molecular formula is C15H29NO. The van der Waals surface area contributed by atoms with Crippen molar-refractivity contribution in [3.63, 3.8) is 0 Å². The Balaban J connectivity index is 1.85. The van der Waals surface area contributed by atoms with Crippen molar-refractivity contribution in [3.8, 4) is 0 Å². The topological polar surface area (TPSA) is 32.3 Å². The van der Waals surface area contributed by atoms with Crippen molar-refractivity contribution in [1.82, 2.24) is 5.32 Å². The molecule has 5 atom stereocenters. The number of hydrogen-bond donors (Lipinski definition) is 2. The average Bonchev–Trinajstić information content (AvgIpc) is 2.39. The maximum absolute atomic E-state index is 10.1. The molecule has 2 N–H and O–H groups in total. The van der Waals surface area contributed by atoms with Crippen LogP contribution in [-0.2, 0) is 0 Å². The first-order valence-corrected chi connectivity index (χ1v) is 7.63. The van der Waals surface area contributed by atoms with E-state index in [1.54, 1.807) is 0 Å². The molecule has 0 aromatic heterocycles. The number of rotatable bonds is 3. The van der Waals surface area contributed by atoms with Gasteiger partial charge in [-0.3, -0.25) is 0 Å². The minimum atomic E-state index is -0.0375. The van der Waals surface area contributed by atoms with Crippen molar-refractivity contribution >= 4 is 0 Å². The van der Waals surface area contributed by atoms with Crippen molar-refractivity contribution in [2.75, 3.05) is 6.54 Å². The highest BCUT2D eigenvalue weighted by atomic mass is 16.3. The third kappa shape index (κ3) is 3.23. The smallest absolute Gasteiger partial charge is 0.0571 e. The van der Waals surface area contributed by atoms with Gasteiger partial charge in [0, 0.05) is 6.04 Å². The van der Waals surface area contributed by atoms with Gasteiger partial charge in [0.25, 0.3) is 0 Å².